The van der Waals surface area contributed by atoms with E-state index in [0.29, 0.717) is 44.2 Å². The van der Waals surface area contributed by atoms with Crippen molar-refractivity contribution in [3.8, 4) is 11.5 Å². The third-order valence-electron chi connectivity index (χ3n) is 6.62. The molecule has 0 saturated heterocycles. The number of rotatable bonds is 13. The number of hydrogen-bond donors (Lipinski definition) is 1. The Balaban J connectivity index is 1.49. The van der Waals surface area contributed by atoms with Gasteiger partial charge in [-0.15, -0.1) is 21.5 Å². The van der Waals surface area contributed by atoms with E-state index in [2.05, 4.69) is 17.1 Å². The van der Waals surface area contributed by atoms with Gasteiger partial charge >= 0.3 is 0 Å². The first-order valence-corrected chi connectivity index (χ1v) is 16.0. The van der Waals surface area contributed by atoms with Crippen molar-refractivity contribution in [3.05, 3.63) is 93.1 Å². The first-order chi connectivity index (χ1) is 20.4. The summed E-state index contributed by atoms with van der Waals surface area (Å²) in [5.74, 6) is -0.891. The van der Waals surface area contributed by atoms with E-state index in [1.807, 2.05) is 0 Å². The molecule has 0 radical (unpaired) electrons. The SMILES string of the molecule is CCCCCOc1ccc(C2C(C(=O)c3cccs3)=C(O)C(=O)N2c2nnc(SCc3ccccc3F)s2)cc1OC. The smallest absolute Gasteiger partial charge is 0.296 e. The van der Waals surface area contributed by atoms with E-state index >= 15 is 0 Å². The highest BCUT2D eigenvalue weighted by atomic mass is 32.2. The monoisotopic (exact) mass is 625 g/mol. The van der Waals surface area contributed by atoms with Crippen LogP contribution in [0.15, 0.2) is 75.6 Å². The van der Waals surface area contributed by atoms with E-state index in [9.17, 15) is 19.1 Å². The summed E-state index contributed by atoms with van der Waals surface area (Å²) < 4.78 is 26.2. The maximum absolute atomic E-state index is 14.1. The van der Waals surface area contributed by atoms with Crippen LogP contribution in [0.5, 0.6) is 11.5 Å². The fourth-order valence-electron chi connectivity index (χ4n) is 4.51. The molecule has 2 aromatic heterocycles. The number of nitrogens with zero attached hydrogens (tertiary/aromatic N) is 3. The molecular formula is C30H28FN3O5S3. The topological polar surface area (TPSA) is 102 Å². The fraction of sp³-hybridized carbons (Fsp3) is 0.267. The van der Waals surface area contributed by atoms with Crippen molar-refractivity contribution in [1.29, 1.82) is 0 Å². The number of aliphatic hydroxyl groups excluding tert-OH is 1. The van der Waals surface area contributed by atoms with Crippen molar-refractivity contribution in [2.24, 2.45) is 0 Å². The van der Waals surface area contributed by atoms with E-state index in [1.165, 1.54) is 41.2 Å². The van der Waals surface area contributed by atoms with Crippen LogP contribution in [-0.2, 0) is 10.5 Å². The maximum atomic E-state index is 14.1. The minimum Gasteiger partial charge on any atom is -0.503 e. The average Bonchev–Trinajstić information content (AvgIpc) is 3.76. The number of methoxy groups -OCH3 is 1. The summed E-state index contributed by atoms with van der Waals surface area (Å²) in [6, 6.07) is 14.0. The standard InChI is InChI=1S/C30H28FN3O5S3/c1-3-4-7-14-39-21-13-12-18(16-22(21)38-2)25-24(26(35)23-11-8-15-40-23)27(36)28(37)34(25)29-32-33-30(42-29)41-17-19-9-5-6-10-20(19)31/h5-6,8-13,15-16,25,36H,3-4,7,14,17H2,1-2H3. The minimum absolute atomic E-state index is 0.0584. The molecule has 1 unspecified atom stereocenters. The molecule has 12 heteroatoms. The van der Waals surface area contributed by atoms with E-state index in [0.717, 1.165) is 30.6 Å². The zero-order chi connectivity index (χ0) is 29.6. The second-order valence-electron chi connectivity index (χ2n) is 9.34. The molecule has 1 amide bonds. The van der Waals surface area contributed by atoms with Gasteiger partial charge in [0.15, 0.2) is 21.6 Å². The molecule has 1 N–H and O–H groups in total. The number of halogens is 1. The Labute approximate surface area is 254 Å². The number of unbranched alkanes of at least 4 members (excludes halogenated alkanes) is 2. The van der Waals surface area contributed by atoms with Crippen molar-refractivity contribution in [1.82, 2.24) is 10.2 Å². The van der Waals surface area contributed by atoms with Crippen LogP contribution in [-0.4, -0.2) is 40.7 Å². The Bertz CT molecular complexity index is 1610. The summed E-state index contributed by atoms with van der Waals surface area (Å²) >= 11 is 3.62. The van der Waals surface area contributed by atoms with Gasteiger partial charge in [-0.2, -0.15) is 0 Å². The van der Waals surface area contributed by atoms with E-state index < -0.39 is 23.5 Å². The van der Waals surface area contributed by atoms with Crippen LogP contribution in [0.25, 0.3) is 0 Å². The number of Topliss-reactive ketones (excluding diaryl/α,β-unsaturated/α-hetero) is 1. The summed E-state index contributed by atoms with van der Waals surface area (Å²) in [7, 11) is 1.52. The number of aromatic nitrogens is 2. The van der Waals surface area contributed by atoms with Crippen molar-refractivity contribution in [2.75, 3.05) is 18.6 Å². The number of aliphatic hydroxyl groups is 1. The molecule has 1 atom stereocenters. The van der Waals surface area contributed by atoms with Crippen molar-refractivity contribution >= 4 is 51.3 Å². The number of hydrogen-bond acceptors (Lipinski definition) is 10. The molecule has 2 aromatic carbocycles. The van der Waals surface area contributed by atoms with Gasteiger partial charge in [-0.05, 0) is 47.2 Å². The number of thioether (sulfide) groups is 1. The number of ketones is 1. The number of carbonyl (C=O) groups is 2. The Kier molecular flexibility index (Phi) is 9.55. The molecule has 0 aliphatic carbocycles. The van der Waals surface area contributed by atoms with E-state index in [-0.39, 0.29) is 16.5 Å². The molecule has 1 aliphatic rings. The van der Waals surface area contributed by atoms with Crippen molar-refractivity contribution in [2.45, 2.75) is 42.3 Å². The first-order valence-electron chi connectivity index (χ1n) is 13.3. The van der Waals surface area contributed by atoms with Gasteiger partial charge in [0, 0.05) is 5.75 Å². The highest BCUT2D eigenvalue weighted by Gasteiger charge is 2.46. The molecule has 42 heavy (non-hydrogen) atoms. The number of amides is 1. The highest BCUT2D eigenvalue weighted by Crippen LogP contribution is 2.45. The van der Waals surface area contributed by atoms with Crippen LogP contribution in [0.2, 0.25) is 0 Å². The summed E-state index contributed by atoms with van der Waals surface area (Å²) in [6.07, 6.45) is 3.01. The predicted molar refractivity (Wildman–Crippen MR) is 162 cm³/mol. The molecule has 218 valence electrons. The molecule has 0 spiro atoms. The molecule has 0 fully saturated rings. The van der Waals surface area contributed by atoms with Crippen molar-refractivity contribution < 1.29 is 28.6 Å². The van der Waals surface area contributed by atoms with Gasteiger partial charge < -0.3 is 14.6 Å². The molecule has 0 bridgehead atoms. The summed E-state index contributed by atoms with van der Waals surface area (Å²) in [5.41, 5.74) is 0.985. The largest absolute Gasteiger partial charge is 0.503 e. The number of carbonyl (C=O) groups excluding carboxylic acids is 2. The molecule has 1 aliphatic heterocycles. The van der Waals surface area contributed by atoms with Gasteiger partial charge in [-0.1, -0.05) is 73.2 Å². The molecular weight excluding hydrogens is 598 g/mol. The van der Waals surface area contributed by atoms with Gasteiger partial charge in [0.25, 0.3) is 5.91 Å². The van der Waals surface area contributed by atoms with Gasteiger partial charge in [0.05, 0.1) is 30.2 Å². The molecule has 4 aromatic rings. The average molecular weight is 626 g/mol. The van der Waals surface area contributed by atoms with E-state index in [1.54, 1.807) is 53.9 Å². The Morgan fingerprint density at radius 3 is 2.69 bits per heavy atom. The van der Waals surface area contributed by atoms with Gasteiger partial charge in [0.1, 0.15) is 5.82 Å². The fourth-order valence-corrected chi connectivity index (χ4v) is 7.04. The zero-order valence-corrected chi connectivity index (χ0v) is 25.4. The lowest BCUT2D eigenvalue weighted by molar-refractivity contribution is -0.117. The summed E-state index contributed by atoms with van der Waals surface area (Å²) in [6.45, 7) is 2.64. The molecule has 5 rings (SSSR count). The second kappa shape index (κ2) is 13.5. The summed E-state index contributed by atoms with van der Waals surface area (Å²) in [5, 5.41) is 21.4. The van der Waals surface area contributed by atoms with Crippen molar-refractivity contribution in [3.63, 3.8) is 0 Å². The van der Waals surface area contributed by atoms with Gasteiger partial charge in [-0.25, -0.2) is 4.39 Å². The van der Waals surface area contributed by atoms with Crippen LogP contribution in [0.4, 0.5) is 9.52 Å². The predicted octanol–water partition coefficient (Wildman–Crippen LogP) is 7.39. The third-order valence-corrected chi connectivity index (χ3v) is 9.59. The van der Waals surface area contributed by atoms with Gasteiger partial charge in [0.2, 0.25) is 10.9 Å². The molecule has 8 nitrogen and oxygen atoms in total. The third kappa shape index (κ3) is 6.20. The molecule has 3 heterocycles. The zero-order valence-electron chi connectivity index (χ0n) is 22.9. The number of anilines is 1. The molecule has 0 saturated carbocycles. The number of ether oxygens (including phenoxy) is 2. The van der Waals surface area contributed by atoms with Crippen LogP contribution in [0.3, 0.4) is 0 Å². The van der Waals surface area contributed by atoms with Gasteiger partial charge in [-0.3, -0.25) is 14.5 Å². The lowest BCUT2D eigenvalue weighted by atomic mass is 9.95. The highest BCUT2D eigenvalue weighted by molar-refractivity contribution is 8.00. The van der Waals surface area contributed by atoms with Crippen LogP contribution in [0.1, 0.15) is 53.0 Å². The lowest BCUT2D eigenvalue weighted by Gasteiger charge is -2.24. The van der Waals surface area contributed by atoms with Crippen LogP contribution >= 0.6 is 34.4 Å². The number of thiophene rings is 1. The van der Waals surface area contributed by atoms with Crippen LogP contribution in [0, 0.1) is 5.82 Å². The lowest BCUT2D eigenvalue weighted by Crippen LogP contribution is -2.31. The minimum atomic E-state index is -0.993. The Morgan fingerprint density at radius 1 is 1.12 bits per heavy atom. The Morgan fingerprint density at radius 2 is 1.95 bits per heavy atom. The van der Waals surface area contributed by atoms with E-state index in [4.69, 9.17) is 9.47 Å². The second-order valence-corrected chi connectivity index (χ2v) is 12.5. The Hall–Kier alpha value is -3.74. The van der Waals surface area contributed by atoms with Crippen LogP contribution < -0.4 is 14.4 Å². The first kappa shape index (κ1) is 29.7. The maximum Gasteiger partial charge on any atom is 0.296 e. The quantitative estimate of drug-likeness (QED) is 0.0710. The number of benzene rings is 2. The normalized spacial score (nSPS) is 15.0. The summed E-state index contributed by atoms with van der Waals surface area (Å²) in [4.78, 5) is 28.8.